The number of anilines is 2. The third-order valence-electron chi connectivity index (χ3n) is 4.10. The highest BCUT2D eigenvalue weighted by Gasteiger charge is 2.20. The predicted octanol–water partition coefficient (Wildman–Crippen LogP) is 4.86. The number of benzene rings is 3. The fourth-order valence-corrected chi connectivity index (χ4v) is 3.78. The largest absolute Gasteiger partial charge is 0.495 e. The average Bonchev–Trinajstić information content (AvgIpc) is 2.76. The quantitative estimate of drug-likeness (QED) is 0.517. The van der Waals surface area contributed by atoms with E-state index in [-0.39, 0.29) is 22.9 Å². The van der Waals surface area contributed by atoms with Gasteiger partial charge in [0.1, 0.15) is 11.5 Å². The summed E-state index contributed by atoms with van der Waals surface area (Å²) in [6, 6.07) is 19.8. The number of para-hydroxylation sites is 3. The van der Waals surface area contributed by atoms with E-state index in [0.717, 1.165) is 0 Å². The molecular formula is C22H22N2O6S. The van der Waals surface area contributed by atoms with Gasteiger partial charge in [-0.25, -0.2) is 13.2 Å². The molecule has 9 heteroatoms. The molecule has 0 aliphatic carbocycles. The molecule has 3 aromatic carbocycles. The topological polar surface area (TPSA) is 103 Å². The number of carbonyl (C=O) groups excluding carboxylic acids is 1. The zero-order valence-electron chi connectivity index (χ0n) is 17.0. The summed E-state index contributed by atoms with van der Waals surface area (Å²) >= 11 is 0. The van der Waals surface area contributed by atoms with Gasteiger partial charge >= 0.3 is 6.09 Å². The summed E-state index contributed by atoms with van der Waals surface area (Å²) in [4.78, 5) is 11.7. The minimum atomic E-state index is -4.00. The first-order chi connectivity index (χ1) is 14.9. The molecule has 0 spiro atoms. The minimum Gasteiger partial charge on any atom is -0.495 e. The number of methoxy groups -OCH3 is 1. The van der Waals surface area contributed by atoms with Crippen LogP contribution in [0.15, 0.2) is 77.7 Å². The van der Waals surface area contributed by atoms with E-state index in [1.807, 2.05) is 18.2 Å². The van der Waals surface area contributed by atoms with Crippen molar-refractivity contribution < 1.29 is 27.4 Å². The molecule has 3 rings (SSSR count). The number of sulfonamides is 1. The molecule has 31 heavy (non-hydrogen) atoms. The first-order valence-electron chi connectivity index (χ1n) is 9.39. The SMILES string of the molecule is CCOC(=O)Nc1cc(S(=O)(=O)Nc2ccccc2Oc2ccccc2)ccc1OC. The van der Waals surface area contributed by atoms with Crippen molar-refractivity contribution in [3.63, 3.8) is 0 Å². The Kier molecular flexibility index (Phi) is 6.99. The van der Waals surface area contributed by atoms with E-state index in [1.165, 1.54) is 25.3 Å². The van der Waals surface area contributed by atoms with E-state index in [9.17, 15) is 13.2 Å². The Morgan fingerprint density at radius 2 is 1.61 bits per heavy atom. The van der Waals surface area contributed by atoms with Gasteiger partial charge < -0.3 is 14.2 Å². The number of hydrogen-bond donors (Lipinski definition) is 2. The fourth-order valence-electron chi connectivity index (χ4n) is 2.69. The Bertz CT molecular complexity index is 1150. The minimum absolute atomic E-state index is 0.0744. The molecule has 0 radical (unpaired) electrons. The summed E-state index contributed by atoms with van der Waals surface area (Å²) < 4.78 is 44.4. The third kappa shape index (κ3) is 5.67. The van der Waals surface area contributed by atoms with Crippen molar-refractivity contribution >= 4 is 27.5 Å². The van der Waals surface area contributed by atoms with Crippen LogP contribution in [-0.4, -0.2) is 28.2 Å². The summed E-state index contributed by atoms with van der Waals surface area (Å²) in [5.41, 5.74) is 0.430. The van der Waals surface area contributed by atoms with E-state index in [1.54, 1.807) is 43.3 Å². The smallest absolute Gasteiger partial charge is 0.411 e. The van der Waals surface area contributed by atoms with Crippen molar-refractivity contribution in [2.45, 2.75) is 11.8 Å². The molecule has 162 valence electrons. The lowest BCUT2D eigenvalue weighted by Crippen LogP contribution is -2.16. The molecular weight excluding hydrogens is 420 g/mol. The van der Waals surface area contributed by atoms with Crippen molar-refractivity contribution in [1.29, 1.82) is 0 Å². The molecule has 0 unspecified atom stereocenters. The first kappa shape index (κ1) is 22.0. The Balaban J connectivity index is 1.88. The van der Waals surface area contributed by atoms with Gasteiger partial charge in [-0.2, -0.15) is 0 Å². The van der Waals surface area contributed by atoms with E-state index >= 15 is 0 Å². The molecule has 0 saturated heterocycles. The molecule has 0 aromatic heterocycles. The van der Waals surface area contributed by atoms with E-state index in [2.05, 4.69) is 10.0 Å². The monoisotopic (exact) mass is 442 g/mol. The first-order valence-corrected chi connectivity index (χ1v) is 10.9. The number of carbonyl (C=O) groups is 1. The van der Waals surface area contributed by atoms with E-state index < -0.39 is 16.1 Å². The van der Waals surface area contributed by atoms with Crippen LogP contribution in [0.3, 0.4) is 0 Å². The Labute approximate surface area is 180 Å². The van der Waals surface area contributed by atoms with Gasteiger partial charge in [0.25, 0.3) is 10.0 Å². The van der Waals surface area contributed by atoms with Crippen LogP contribution >= 0.6 is 0 Å². The average molecular weight is 442 g/mol. The molecule has 8 nitrogen and oxygen atoms in total. The van der Waals surface area contributed by atoms with Crippen LogP contribution in [0, 0.1) is 0 Å². The van der Waals surface area contributed by atoms with Gasteiger partial charge in [-0.1, -0.05) is 30.3 Å². The maximum absolute atomic E-state index is 13.0. The van der Waals surface area contributed by atoms with Crippen molar-refractivity contribution in [2.75, 3.05) is 23.8 Å². The second kappa shape index (κ2) is 9.86. The summed E-state index contributed by atoms with van der Waals surface area (Å²) in [6.45, 7) is 1.84. The van der Waals surface area contributed by atoms with Gasteiger partial charge in [0, 0.05) is 0 Å². The molecule has 0 bridgehead atoms. The standard InChI is InChI=1S/C22H22N2O6S/c1-3-29-22(25)23-19-15-17(13-14-20(19)28-2)31(26,27)24-18-11-7-8-12-21(18)30-16-9-5-4-6-10-16/h4-15,24H,3H2,1-2H3,(H,23,25). The normalized spacial score (nSPS) is 10.8. The molecule has 0 fully saturated rings. The maximum atomic E-state index is 13.0. The lowest BCUT2D eigenvalue weighted by Gasteiger charge is -2.15. The molecule has 3 aromatic rings. The number of hydrogen-bond acceptors (Lipinski definition) is 6. The molecule has 0 aliphatic heterocycles. The van der Waals surface area contributed by atoms with Gasteiger partial charge in [0.05, 0.1) is 30.0 Å². The van der Waals surface area contributed by atoms with Crippen LogP contribution in [0.5, 0.6) is 17.2 Å². The highest BCUT2D eigenvalue weighted by molar-refractivity contribution is 7.92. The van der Waals surface area contributed by atoms with Crippen molar-refractivity contribution in [3.8, 4) is 17.2 Å². The van der Waals surface area contributed by atoms with E-state index in [0.29, 0.717) is 17.2 Å². The lowest BCUT2D eigenvalue weighted by atomic mass is 10.3. The lowest BCUT2D eigenvalue weighted by molar-refractivity contribution is 0.168. The Morgan fingerprint density at radius 3 is 2.32 bits per heavy atom. The summed E-state index contributed by atoms with van der Waals surface area (Å²) in [7, 11) is -2.59. The van der Waals surface area contributed by atoms with Gasteiger partial charge in [-0.15, -0.1) is 0 Å². The van der Waals surface area contributed by atoms with Crippen LogP contribution in [-0.2, 0) is 14.8 Å². The van der Waals surface area contributed by atoms with Crippen LogP contribution in [0.2, 0.25) is 0 Å². The van der Waals surface area contributed by atoms with Gasteiger partial charge in [0.15, 0.2) is 5.75 Å². The molecule has 0 atom stereocenters. The van der Waals surface area contributed by atoms with Gasteiger partial charge in [0.2, 0.25) is 0 Å². The number of amides is 1. The molecule has 2 N–H and O–H groups in total. The zero-order valence-corrected chi connectivity index (χ0v) is 17.8. The summed E-state index contributed by atoms with van der Waals surface area (Å²) in [5, 5.41) is 2.48. The number of nitrogens with one attached hydrogen (secondary N) is 2. The van der Waals surface area contributed by atoms with E-state index in [4.69, 9.17) is 14.2 Å². The second-order valence-electron chi connectivity index (χ2n) is 6.22. The fraction of sp³-hybridized carbons (Fsp3) is 0.136. The van der Waals surface area contributed by atoms with Crippen LogP contribution < -0.4 is 19.5 Å². The number of ether oxygens (including phenoxy) is 3. The van der Waals surface area contributed by atoms with Crippen molar-refractivity contribution in [2.24, 2.45) is 0 Å². The molecule has 0 saturated carbocycles. The molecule has 0 aliphatic rings. The zero-order chi connectivity index (χ0) is 22.3. The predicted molar refractivity (Wildman–Crippen MR) is 117 cm³/mol. The summed E-state index contributed by atoms with van der Waals surface area (Å²) in [6.07, 6.45) is -0.718. The van der Waals surface area contributed by atoms with Crippen molar-refractivity contribution in [1.82, 2.24) is 0 Å². The summed E-state index contributed by atoms with van der Waals surface area (Å²) in [5.74, 6) is 1.20. The number of rotatable bonds is 8. The highest BCUT2D eigenvalue weighted by Crippen LogP contribution is 2.32. The van der Waals surface area contributed by atoms with Crippen LogP contribution in [0.4, 0.5) is 16.2 Å². The molecule has 1 amide bonds. The second-order valence-corrected chi connectivity index (χ2v) is 7.91. The Hall–Kier alpha value is -3.72. The maximum Gasteiger partial charge on any atom is 0.411 e. The van der Waals surface area contributed by atoms with Crippen LogP contribution in [0.1, 0.15) is 6.92 Å². The van der Waals surface area contributed by atoms with Crippen LogP contribution in [0.25, 0.3) is 0 Å². The third-order valence-corrected chi connectivity index (χ3v) is 5.46. The highest BCUT2D eigenvalue weighted by atomic mass is 32.2. The van der Waals surface area contributed by atoms with Crippen molar-refractivity contribution in [3.05, 3.63) is 72.8 Å². The Morgan fingerprint density at radius 1 is 0.903 bits per heavy atom. The van der Waals surface area contributed by atoms with Gasteiger partial charge in [-0.3, -0.25) is 10.0 Å². The van der Waals surface area contributed by atoms with Gasteiger partial charge in [-0.05, 0) is 49.4 Å². The molecule has 0 heterocycles.